The fraction of sp³-hybridized carbons (Fsp3) is 0.500. The lowest BCUT2D eigenvalue weighted by molar-refractivity contribution is -0.126. The number of amides is 1. The first-order valence-corrected chi connectivity index (χ1v) is 6.66. The monoisotopic (exact) mass is 285 g/mol. The van der Waals surface area contributed by atoms with E-state index in [0.29, 0.717) is 18.2 Å². The fourth-order valence-corrected chi connectivity index (χ4v) is 1.79. The van der Waals surface area contributed by atoms with Crippen molar-refractivity contribution in [3.8, 4) is 0 Å². The number of halogens is 1. The zero-order chi connectivity index (χ0) is 14.1. The van der Waals surface area contributed by atoms with E-state index in [-0.39, 0.29) is 18.6 Å². The van der Waals surface area contributed by atoms with Crippen LogP contribution in [0.1, 0.15) is 24.9 Å². The molecule has 1 N–H and O–H groups in total. The molecule has 0 fully saturated rings. The molecule has 0 aliphatic heterocycles. The van der Waals surface area contributed by atoms with Crippen molar-refractivity contribution in [1.82, 2.24) is 5.32 Å². The Kier molecular flexibility index (Phi) is 7.48. The smallest absolute Gasteiger partial charge is 0.246 e. The Hall–Kier alpha value is -1.10. The molecule has 0 aliphatic carbocycles. The van der Waals surface area contributed by atoms with Gasteiger partial charge in [0.15, 0.2) is 0 Å². The Labute approximate surface area is 119 Å². The molecule has 19 heavy (non-hydrogen) atoms. The quantitative estimate of drug-likeness (QED) is 0.747. The Morgan fingerprint density at radius 2 is 2.00 bits per heavy atom. The van der Waals surface area contributed by atoms with Gasteiger partial charge in [-0.25, -0.2) is 0 Å². The first kappa shape index (κ1) is 16.0. The molecule has 106 valence electrons. The molecule has 0 aromatic heterocycles. The third kappa shape index (κ3) is 6.05. The second-order valence-electron chi connectivity index (χ2n) is 4.13. The molecule has 0 bridgehead atoms. The van der Waals surface area contributed by atoms with Crippen LogP contribution in [0.15, 0.2) is 24.3 Å². The van der Waals surface area contributed by atoms with Crippen LogP contribution in [0.3, 0.4) is 0 Å². The number of carbonyl (C=O) groups is 1. The summed E-state index contributed by atoms with van der Waals surface area (Å²) in [5, 5.41) is 3.62. The van der Waals surface area contributed by atoms with Crippen LogP contribution in [0.2, 0.25) is 5.02 Å². The average molecular weight is 286 g/mol. The van der Waals surface area contributed by atoms with Gasteiger partial charge in [-0.2, -0.15) is 0 Å². The first-order chi connectivity index (χ1) is 9.17. The molecule has 0 saturated heterocycles. The Morgan fingerprint density at radius 1 is 1.32 bits per heavy atom. The van der Waals surface area contributed by atoms with Crippen LogP contribution >= 0.6 is 11.6 Å². The maximum atomic E-state index is 11.7. The lowest BCUT2D eigenvalue weighted by Gasteiger charge is -2.17. The van der Waals surface area contributed by atoms with E-state index < -0.39 is 0 Å². The highest BCUT2D eigenvalue weighted by Gasteiger charge is 2.12. The van der Waals surface area contributed by atoms with Crippen molar-refractivity contribution >= 4 is 17.5 Å². The van der Waals surface area contributed by atoms with Crippen LogP contribution in [0, 0.1) is 0 Å². The number of methoxy groups -OCH3 is 1. The Bertz CT molecular complexity index is 381. The van der Waals surface area contributed by atoms with Gasteiger partial charge >= 0.3 is 0 Å². The van der Waals surface area contributed by atoms with Crippen LogP contribution in [-0.4, -0.2) is 32.8 Å². The molecule has 1 aromatic carbocycles. The second kappa shape index (κ2) is 8.91. The maximum Gasteiger partial charge on any atom is 0.246 e. The summed E-state index contributed by atoms with van der Waals surface area (Å²) >= 11 is 5.84. The van der Waals surface area contributed by atoms with Crippen LogP contribution in [0.5, 0.6) is 0 Å². The highest BCUT2D eigenvalue weighted by molar-refractivity contribution is 6.30. The van der Waals surface area contributed by atoms with Crippen molar-refractivity contribution in [3.63, 3.8) is 0 Å². The minimum absolute atomic E-state index is 0.0178. The summed E-state index contributed by atoms with van der Waals surface area (Å²) < 4.78 is 10.0. The lowest BCUT2D eigenvalue weighted by Crippen LogP contribution is -2.31. The summed E-state index contributed by atoms with van der Waals surface area (Å²) in [6, 6.07) is 7.46. The van der Waals surface area contributed by atoms with Crippen molar-refractivity contribution in [2.45, 2.75) is 19.4 Å². The Balaban J connectivity index is 2.43. The summed E-state index contributed by atoms with van der Waals surface area (Å²) in [5.74, 6) is -0.127. The van der Waals surface area contributed by atoms with E-state index in [2.05, 4.69) is 5.32 Å². The van der Waals surface area contributed by atoms with Gasteiger partial charge < -0.3 is 14.8 Å². The molecule has 0 heterocycles. The number of hydrogen-bond acceptors (Lipinski definition) is 3. The molecule has 0 spiro atoms. The number of carbonyl (C=O) groups excluding carboxylic acids is 1. The predicted molar refractivity (Wildman–Crippen MR) is 75.3 cm³/mol. The van der Waals surface area contributed by atoms with Gasteiger partial charge in [-0.1, -0.05) is 30.7 Å². The average Bonchev–Trinajstić information content (AvgIpc) is 2.42. The third-order valence-corrected chi connectivity index (χ3v) is 2.93. The molecule has 1 atom stereocenters. The van der Waals surface area contributed by atoms with Crippen molar-refractivity contribution in [3.05, 3.63) is 34.9 Å². The van der Waals surface area contributed by atoms with E-state index in [1.54, 1.807) is 7.11 Å². The maximum absolute atomic E-state index is 11.7. The molecule has 1 rings (SSSR count). The minimum Gasteiger partial charge on any atom is -0.382 e. The first-order valence-electron chi connectivity index (χ1n) is 6.29. The molecule has 4 nitrogen and oxygen atoms in total. The third-order valence-electron chi connectivity index (χ3n) is 2.68. The van der Waals surface area contributed by atoms with E-state index in [0.717, 1.165) is 12.0 Å². The van der Waals surface area contributed by atoms with E-state index in [4.69, 9.17) is 21.1 Å². The molecule has 0 unspecified atom stereocenters. The predicted octanol–water partition coefficient (Wildman–Crippen LogP) is 2.57. The van der Waals surface area contributed by atoms with Crippen molar-refractivity contribution in [1.29, 1.82) is 0 Å². The van der Waals surface area contributed by atoms with Crippen LogP contribution in [0.4, 0.5) is 0 Å². The number of rotatable bonds is 8. The SMILES string of the molecule is CC[C@@H](NC(=O)COCCOC)c1ccc(Cl)cc1. The van der Waals surface area contributed by atoms with E-state index in [9.17, 15) is 4.79 Å². The largest absolute Gasteiger partial charge is 0.382 e. The zero-order valence-electron chi connectivity index (χ0n) is 11.3. The van der Waals surface area contributed by atoms with Gasteiger partial charge in [0.1, 0.15) is 6.61 Å². The van der Waals surface area contributed by atoms with E-state index in [1.165, 1.54) is 0 Å². The summed E-state index contributed by atoms with van der Waals surface area (Å²) in [6.07, 6.45) is 0.811. The van der Waals surface area contributed by atoms with Crippen LogP contribution in [0.25, 0.3) is 0 Å². The second-order valence-corrected chi connectivity index (χ2v) is 4.56. The molecule has 0 radical (unpaired) electrons. The number of benzene rings is 1. The topological polar surface area (TPSA) is 47.6 Å². The van der Waals surface area contributed by atoms with Gasteiger partial charge in [0.2, 0.25) is 5.91 Å². The Morgan fingerprint density at radius 3 is 2.58 bits per heavy atom. The fourth-order valence-electron chi connectivity index (χ4n) is 1.66. The molecule has 5 heteroatoms. The highest BCUT2D eigenvalue weighted by atomic mass is 35.5. The van der Waals surface area contributed by atoms with Gasteiger partial charge in [0, 0.05) is 12.1 Å². The number of hydrogen-bond donors (Lipinski definition) is 1. The van der Waals surface area contributed by atoms with Crippen molar-refractivity contribution in [2.75, 3.05) is 26.9 Å². The summed E-state index contributed by atoms with van der Waals surface area (Å²) in [4.78, 5) is 11.7. The number of nitrogens with one attached hydrogen (secondary N) is 1. The van der Waals surface area contributed by atoms with Gasteiger partial charge in [-0.15, -0.1) is 0 Å². The zero-order valence-corrected chi connectivity index (χ0v) is 12.1. The summed E-state index contributed by atoms with van der Waals surface area (Å²) in [7, 11) is 1.59. The van der Waals surface area contributed by atoms with Crippen LogP contribution in [-0.2, 0) is 14.3 Å². The molecular formula is C14H20ClNO3. The number of ether oxygens (including phenoxy) is 2. The van der Waals surface area contributed by atoms with Gasteiger partial charge in [-0.05, 0) is 24.1 Å². The molecular weight excluding hydrogens is 266 g/mol. The normalized spacial score (nSPS) is 12.2. The molecule has 0 aliphatic rings. The standard InChI is InChI=1S/C14H20ClNO3/c1-3-13(11-4-6-12(15)7-5-11)16-14(17)10-19-9-8-18-2/h4-7,13H,3,8-10H2,1-2H3,(H,16,17)/t13-/m1/s1. The van der Waals surface area contributed by atoms with E-state index >= 15 is 0 Å². The lowest BCUT2D eigenvalue weighted by atomic mass is 10.0. The van der Waals surface area contributed by atoms with Gasteiger partial charge in [0.05, 0.1) is 19.3 Å². The van der Waals surface area contributed by atoms with Gasteiger partial charge in [0.25, 0.3) is 0 Å². The van der Waals surface area contributed by atoms with E-state index in [1.807, 2.05) is 31.2 Å². The summed E-state index contributed by atoms with van der Waals surface area (Å²) in [5.41, 5.74) is 1.04. The van der Waals surface area contributed by atoms with Gasteiger partial charge in [-0.3, -0.25) is 4.79 Å². The highest BCUT2D eigenvalue weighted by Crippen LogP contribution is 2.18. The van der Waals surface area contributed by atoms with Crippen molar-refractivity contribution in [2.24, 2.45) is 0 Å². The molecule has 1 aromatic rings. The molecule has 0 saturated carbocycles. The minimum atomic E-state index is -0.127. The summed E-state index contributed by atoms with van der Waals surface area (Å²) in [6.45, 7) is 2.97. The van der Waals surface area contributed by atoms with Crippen LogP contribution < -0.4 is 5.32 Å². The van der Waals surface area contributed by atoms with Crippen molar-refractivity contribution < 1.29 is 14.3 Å². The molecule has 1 amide bonds.